The summed E-state index contributed by atoms with van der Waals surface area (Å²) >= 11 is 1.57. The van der Waals surface area contributed by atoms with Crippen LogP contribution < -0.4 is 5.32 Å². The third kappa shape index (κ3) is 4.48. The Bertz CT molecular complexity index is 1010. The number of carbonyl (C=O) groups is 1. The van der Waals surface area contributed by atoms with Gasteiger partial charge in [0.25, 0.3) is 0 Å². The lowest BCUT2D eigenvalue weighted by Gasteiger charge is -2.02. The third-order valence-corrected chi connectivity index (χ3v) is 4.60. The van der Waals surface area contributed by atoms with E-state index in [4.69, 9.17) is 4.52 Å². The number of rotatable bonds is 7. The molecule has 3 aromatic heterocycles. The molecule has 8 heteroatoms. The fraction of sp³-hybridized carbons (Fsp3) is 0.158. The van der Waals surface area contributed by atoms with Crippen LogP contribution in [0, 0.1) is 0 Å². The molecular weight excluding hydrogens is 362 g/mol. The molecule has 0 spiro atoms. The van der Waals surface area contributed by atoms with Crippen LogP contribution in [0.4, 0.5) is 5.69 Å². The Labute approximate surface area is 159 Å². The van der Waals surface area contributed by atoms with E-state index in [1.54, 1.807) is 22.2 Å². The Hall–Kier alpha value is -3.26. The molecule has 0 aliphatic rings. The van der Waals surface area contributed by atoms with Gasteiger partial charge in [-0.2, -0.15) is 21.4 Å². The molecule has 136 valence electrons. The Morgan fingerprint density at radius 2 is 2.11 bits per heavy atom. The lowest BCUT2D eigenvalue weighted by atomic mass is 10.2. The van der Waals surface area contributed by atoms with Crippen molar-refractivity contribution in [3.8, 4) is 11.4 Å². The molecule has 1 amide bonds. The molecule has 7 nitrogen and oxygen atoms in total. The summed E-state index contributed by atoms with van der Waals surface area (Å²) in [6, 6.07) is 12.0. The highest BCUT2D eigenvalue weighted by molar-refractivity contribution is 7.08. The first-order chi connectivity index (χ1) is 13.3. The highest BCUT2D eigenvalue weighted by atomic mass is 32.1. The van der Waals surface area contributed by atoms with E-state index in [0.717, 1.165) is 11.1 Å². The van der Waals surface area contributed by atoms with Gasteiger partial charge in [0, 0.05) is 30.0 Å². The molecule has 0 bridgehead atoms. The second-order valence-corrected chi connectivity index (χ2v) is 6.76. The monoisotopic (exact) mass is 379 g/mol. The zero-order valence-corrected chi connectivity index (χ0v) is 15.2. The predicted octanol–water partition coefficient (Wildman–Crippen LogP) is 3.61. The molecule has 0 saturated carbocycles. The van der Waals surface area contributed by atoms with E-state index < -0.39 is 0 Å². The minimum atomic E-state index is -0.121. The summed E-state index contributed by atoms with van der Waals surface area (Å²) in [4.78, 5) is 16.5. The number of aromatic nitrogens is 4. The van der Waals surface area contributed by atoms with Crippen molar-refractivity contribution < 1.29 is 9.32 Å². The van der Waals surface area contributed by atoms with Gasteiger partial charge in [-0.1, -0.05) is 35.5 Å². The average molecular weight is 379 g/mol. The van der Waals surface area contributed by atoms with Gasteiger partial charge in [-0.15, -0.1) is 0 Å². The fourth-order valence-corrected chi connectivity index (χ4v) is 3.23. The van der Waals surface area contributed by atoms with Crippen molar-refractivity contribution in [2.45, 2.75) is 19.4 Å². The molecule has 1 aromatic carbocycles. The number of anilines is 1. The standard InChI is InChI=1S/C19H17N5O2S/c25-17(6-7-18-22-19(23-26-18)15-8-9-27-13-15)21-16-10-20-24(12-16)11-14-4-2-1-3-5-14/h1-5,8-10,12-13H,6-7,11H2,(H,21,25). The quantitative estimate of drug-likeness (QED) is 0.530. The van der Waals surface area contributed by atoms with Crippen LogP contribution in [0.5, 0.6) is 0 Å². The molecule has 1 N–H and O–H groups in total. The summed E-state index contributed by atoms with van der Waals surface area (Å²) in [5.74, 6) is 0.879. The zero-order valence-electron chi connectivity index (χ0n) is 14.4. The molecule has 0 atom stereocenters. The summed E-state index contributed by atoms with van der Waals surface area (Å²) in [5, 5.41) is 15.0. The number of hydrogen-bond donors (Lipinski definition) is 1. The van der Waals surface area contributed by atoms with Gasteiger partial charge < -0.3 is 9.84 Å². The first kappa shape index (κ1) is 17.2. The van der Waals surface area contributed by atoms with Gasteiger partial charge >= 0.3 is 0 Å². The Balaban J connectivity index is 1.28. The van der Waals surface area contributed by atoms with Gasteiger partial charge in [0.05, 0.1) is 18.4 Å². The summed E-state index contributed by atoms with van der Waals surface area (Å²) < 4.78 is 6.99. The van der Waals surface area contributed by atoms with Crippen LogP contribution in [-0.2, 0) is 17.8 Å². The lowest BCUT2D eigenvalue weighted by Crippen LogP contribution is -2.12. The second-order valence-electron chi connectivity index (χ2n) is 5.98. The second kappa shape index (κ2) is 7.96. The van der Waals surface area contributed by atoms with Gasteiger partial charge in [-0.3, -0.25) is 9.48 Å². The van der Waals surface area contributed by atoms with Crippen molar-refractivity contribution in [3.63, 3.8) is 0 Å². The molecule has 4 rings (SSSR count). The van der Waals surface area contributed by atoms with Crippen LogP contribution >= 0.6 is 11.3 Å². The number of benzene rings is 1. The summed E-state index contributed by atoms with van der Waals surface area (Å²) in [6.45, 7) is 0.657. The van der Waals surface area contributed by atoms with Gasteiger partial charge in [-0.25, -0.2) is 0 Å². The van der Waals surface area contributed by atoms with E-state index in [2.05, 4.69) is 20.6 Å². The Kier molecular flexibility index (Phi) is 5.06. The number of thiophene rings is 1. The largest absolute Gasteiger partial charge is 0.339 e. The number of amides is 1. The Morgan fingerprint density at radius 3 is 2.93 bits per heavy atom. The average Bonchev–Trinajstić information content (AvgIpc) is 3.43. The highest BCUT2D eigenvalue weighted by Crippen LogP contribution is 2.19. The lowest BCUT2D eigenvalue weighted by molar-refractivity contribution is -0.116. The predicted molar refractivity (Wildman–Crippen MR) is 102 cm³/mol. The minimum Gasteiger partial charge on any atom is -0.339 e. The maximum Gasteiger partial charge on any atom is 0.227 e. The van der Waals surface area contributed by atoms with E-state index in [1.807, 2.05) is 53.4 Å². The minimum absolute atomic E-state index is 0.121. The van der Waals surface area contributed by atoms with E-state index in [9.17, 15) is 4.79 Å². The van der Waals surface area contributed by atoms with Gasteiger partial charge in [0.1, 0.15) is 0 Å². The Morgan fingerprint density at radius 1 is 1.22 bits per heavy atom. The summed E-state index contributed by atoms with van der Waals surface area (Å²) in [6.07, 6.45) is 4.10. The molecule has 0 saturated heterocycles. The molecule has 0 fully saturated rings. The normalized spacial score (nSPS) is 10.8. The van der Waals surface area contributed by atoms with Gasteiger partial charge in [0.15, 0.2) is 0 Å². The topological polar surface area (TPSA) is 85.8 Å². The first-order valence-electron chi connectivity index (χ1n) is 8.48. The number of carbonyl (C=O) groups excluding carboxylic acids is 1. The van der Waals surface area contributed by atoms with Crippen molar-refractivity contribution in [2.24, 2.45) is 0 Å². The van der Waals surface area contributed by atoms with Crippen molar-refractivity contribution in [2.75, 3.05) is 5.32 Å². The summed E-state index contributed by atoms with van der Waals surface area (Å²) in [7, 11) is 0. The van der Waals surface area contributed by atoms with Crippen LogP contribution in [0.1, 0.15) is 17.9 Å². The fourth-order valence-electron chi connectivity index (χ4n) is 2.59. The highest BCUT2D eigenvalue weighted by Gasteiger charge is 2.11. The van der Waals surface area contributed by atoms with E-state index in [0.29, 0.717) is 30.4 Å². The van der Waals surface area contributed by atoms with Crippen LogP contribution in [0.15, 0.2) is 64.1 Å². The third-order valence-electron chi connectivity index (χ3n) is 3.92. The van der Waals surface area contributed by atoms with Crippen LogP contribution in [0.2, 0.25) is 0 Å². The van der Waals surface area contributed by atoms with E-state index in [-0.39, 0.29) is 12.3 Å². The first-order valence-corrected chi connectivity index (χ1v) is 9.42. The maximum absolute atomic E-state index is 12.2. The van der Waals surface area contributed by atoms with Crippen LogP contribution in [0.25, 0.3) is 11.4 Å². The smallest absolute Gasteiger partial charge is 0.227 e. The van der Waals surface area contributed by atoms with Crippen molar-refractivity contribution in [1.29, 1.82) is 0 Å². The molecule has 27 heavy (non-hydrogen) atoms. The molecule has 4 aromatic rings. The number of nitrogens with one attached hydrogen (secondary N) is 1. The molecule has 3 heterocycles. The van der Waals surface area contributed by atoms with Gasteiger partial charge in [0.2, 0.25) is 17.6 Å². The van der Waals surface area contributed by atoms with Crippen LogP contribution in [-0.4, -0.2) is 25.8 Å². The van der Waals surface area contributed by atoms with Crippen LogP contribution in [0.3, 0.4) is 0 Å². The number of nitrogens with zero attached hydrogens (tertiary/aromatic N) is 4. The molecular formula is C19H17N5O2S. The van der Waals surface area contributed by atoms with E-state index in [1.165, 1.54) is 0 Å². The summed E-state index contributed by atoms with van der Waals surface area (Å²) in [5.41, 5.74) is 2.74. The number of hydrogen-bond acceptors (Lipinski definition) is 6. The van der Waals surface area contributed by atoms with Crippen molar-refractivity contribution in [1.82, 2.24) is 19.9 Å². The van der Waals surface area contributed by atoms with Gasteiger partial charge in [-0.05, 0) is 17.0 Å². The van der Waals surface area contributed by atoms with Crippen molar-refractivity contribution >= 4 is 22.9 Å². The van der Waals surface area contributed by atoms with E-state index >= 15 is 0 Å². The molecule has 0 radical (unpaired) electrons. The maximum atomic E-state index is 12.2. The molecule has 0 aliphatic heterocycles. The molecule has 0 unspecified atom stereocenters. The SMILES string of the molecule is O=C(CCc1nc(-c2ccsc2)no1)Nc1cnn(Cc2ccccc2)c1. The zero-order chi connectivity index (χ0) is 18.5. The number of aryl methyl sites for hydroxylation is 1. The van der Waals surface area contributed by atoms with Crippen molar-refractivity contribution in [3.05, 3.63) is 71.0 Å². The molecule has 0 aliphatic carbocycles.